The van der Waals surface area contributed by atoms with E-state index in [1.807, 2.05) is 9.58 Å². The zero-order valence-corrected chi connectivity index (χ0v) is 17.2. The number of aromatic nitrogens is 3. The molecule has 0 radical (unpaired) electrons. The third-order valence-corrected chi connectivity index (χ3v) is 5.64. The van der Waals surface area contributed by atoms with E-state index in [-0.39, 0.29) is 6.61 Å². The van der Waals surface area contributed by atoms with Crippen molar-refractivity contribution < 1.29 is 20.4 Å². The second-order valence-corrected chi connectivity index (χ2v) is 7.99. The molecule has 1 aliphatic rings. The number of hydrogen-bond acceptors (Lipinski definition) is 7. The molecule has 0 aliphatic carbocycles. The molecule has 1 fully saturated rings. The molecule has 4 N–H and O–H groups in total. The van der Waals surface area contributed by atoms with Crippen molar-refractivity contribution in [3.63, 3.8) is 0 Å². The molecule has 2 rings (SSSR count). The summed E-state index contributed by atoms with van der Waals surface area (Å²) in [6.45, 7) is 3.89. The van der Waals surface area contributed by atoms with Gasteiger partial charge in [0.05, 0.1) is 24.4 Å². The standard InChI is InChI=1S/C20H38N4O4/c1-2-10-16-13-24(22-21-16)12-9-7-5-3-4-6-8-11-23-14-18(26)20(28)19(27)17(23)15-25/h13,17-20,25-28H,2-12,14-15H2,1H3/t17-,18-,19-,20-/m1/s1. The van der Waals surface area contributed by atoms with E-state index < -0.39 is 24.4 Å². The first-order valence-electron chi connectivity index (χ1n) is 10.8. The quantitative estimate of drug-likeness (QED) is 0.362. The summed E-state index contributed by atoms with van der Waals surface area (Å²) in [6, 6.07) is -0.493. The van der Waals surface area contributed by atoms with E-state index in [0.717, 1.165) is 57.3 Å². The van der Waals surface area contributed by atoms with Gasteiger partial charge in [-0.15, -0.1) is 5.10 Å². The molecule has 0 spiro atoms. The van der Waals surface area contributed by atoms with Crippen molar-refractivity contribution in [1.82, 2.24) is 19.9 Å². The molecule has 0 unspecified atom stereocenters. The van der Waals surface area contributed by atoms with Crippen LogP contribution < -0.4 is 0 Å². The molecule has 1 saturated heterocycles. The molecule has 1 aromatic rings. The topological polar surface area (TPSA) is 115 Å². The fourth-order valence-corrected chi connectivity index (χ4v) is 3.93. The van der Waals surface area contributed by atoms with Gasteiger partial charge in [-0.25, -0.2) is 0 Å². The second kappa shape index (κ2) is 12.5. The Morgan fingerprint density at radius 1 is 0.964 bits per heavy atom. The molecule has 0 aromatic carbocycles. The Labute approximate surface area is 168 Å². The van der Waals surface area contributed by atoms with Gasteiger partial charge in [-0.05, 0) is 25.8 Å². The summed E-state index contributed by atoms with van der Waals surface area (Å²) in [5.74, 6) is 0. The maximum absolute atomic E-state index is 9.99. The molecule has 1 aromatic heterocycles. The summed E-state index contributed by atoms with van der Waals surface area (Å²) in [4.78, 5) is 1.90. The van der Waals surface area contributed by atoms with Crippen molar-refractivity contribution >= 4 is 0 Å². The van der Waals surface area contributed by atoms with Crippen LogP contribution in [0.25, 0.3) is 0 Å². The highest BCUT2D eigenvalue weighted by Gasteiger charge is 2.40. The van der Waals surface area contributed by atoms with E-state index in [1.165, 1.54) is 19.3 Å². The van der Waals surface area contributed by atoms with Crippen LogP contribution in [0.3, 0.4) is 0 Å². The lowest BCUT2D eigenvalue weighted by atomic mass is 9.94. The minimum atomic E-state index is -1.18. The molecule has 0 amide bonds. The number of β-amino-alcohol motifs (C(OH)–C–C–N with tert-alkyl or cyclic N) is 1. The number of likely N-dealkylation sites (tertiary alicyclic amines) is 1. The largest absolute Gasteiger partial charge is 0.395 e. The number of aliphatic hydroxyl groups is 4. The number of aryl methyl sites for hydroxylation is 2. The van der Waals surface area contributed by atoms with Crippen molar-refractivity contribution in [2.75, 3.05) is 19.7 Å². The van der Waals surface area contributed by atoms with E-state index in [2.05, 4.69) is 23.4 Å². The summed E-state index contributed by atoms with van der Waals surface area (Å²) in [6.07, 6.45) is 8.85. The van der Waals surface area contributed by atoms with Crippen LogP contribution >= 0.6 is 0 Å². The summed E-state index contributed by atoms with van der Waals surface area (Å²) in [5, 5.41) is 47.3. The molecule has 4 atom stereocenters. The van der Waals surface area contributed by atoms with Crippen LogP contribution in [-0.4, -0.2) is 84.4 Å². The number of piperidine rings is 1. The van der Waals surface area contributed by atoms with Gasteiger partial charge in [-0.2, -0.15) is 0 Å². The van der Waals surface area contributed by atoms with E-state index in [9.17, 15) is 20.4 Å². The van der Waals surface area contributed by atoms with Crippen molar-refractivity contribution in [2.45, 2.75) is 95.6 Å². The molecule has 1 aliphatic heterocycles. The third-order valence-electron chi connectivity index (χ3n) is 5.64. The number of nitrogens with zero attached hydrogens (tertiary/aromatic N) is 4. The number of hydrogen-bond donors (Lipinski definition) is 4. The van der Waals surface area contributed by atoms with E-state index in [0.29, 0.717) is 6.54 Å². The van der Waals surface area contributed by atoms with Gasteiger partial charge in [0.1, 0.15) is 12.2 Å². The molecule has 162 valence electrons. The highest BCUT2D eigenvalue weighted by molar-refractivity contribution is 4.94. The molecule has 8 nitrogen and oxygen atoms in total. The average Bonchev–Trinajstić information content (AvgIpc) is 3.12. The molecule has 0 saturated carbocycles. The fraction of sp³-hybridized carbons (Fsp3) is 0.900. The van der Waals surface area contributed by atoms with Crippen molar-refractivity contribution in [3.8, 4) is 0 Å². The van der Waals surface area contributed by atoms with E-state index >= 15 is 0 Å². The molecule has 8 heteroatoms. The maximum atomic E-state index is 9.99. The third kappa shape index (κ3) is 7.08. The first-order valence-corrected chi connectivity index (χ1v) is 10.8. The smallest absolute Gasteiger partial charge is 0.109 e. The number of rotatable bonds is 13. The maximum Gasteiger partial charge on any atom is 0.109 e. The Hall–Kier alpha value is -1.06. The van der Waals surface area contributed by atoms with Crippen LogP contribution in [0.5, 0.6) is 0 Å². The van der Waals surface area contributed by atoms with Gasteiger partial charge in [-0.1, -0.05) is 50.7 Å². The Kier molecular flexibility index (Phi) is 10.4. The molecule has 0 bridgehead atoms. The Morgan fingerprint density at radius 2 is 1.61 bits per heavy atom. The monoisotopic (exact) mass is 398 g/mol. The zero-order chi connectivity index (χ0) is 20.4. The lowest BCUT2D eigenvalue weighted by molar-refractivity contribution is -0.145. The number of aliphatic hydroxyl groups excluding tert-OH is 4. The van der Waals surface area contributed by atoms with Gasteiger partial charge >= 0.3 is 0 Å². The fourth-order valence-electron chi connectivity index (χ4n) is 3.93. The van der Waals surface area contributed by atoms with Gasteiger partial charge in [0.2, 0.25) is 0 Å². The van der Waals surface area contributed by atoms with Crippen LogP contribution in [0.1, 0.15) is 64.0 Å². The summed E-state index contributed by atoms with van der Waals surface area (Å²) >= 11 is 0. The second-order valence-electron chi connectivity index (χ2n) is 7.99. The minimum absolute atomic E-state index is 0.212. The Balaban J connectivity index is 1.50. The van der Waals surface area contributed by atoms with Crippen LogP contribution in [0.4, 0.5) is 0 Å². The van der Waals surface area contributed by atoms with E-state index in [4.69, 9.17) is 0 Å². The Bertz CT molecular complexity index is 542. The number of unbranched alkanes of at least 4 members (excludes halogenated alkanes) is 6. The first kappa shape index (κ1) is 23.2. The molecular formula is C20H38N4O4. The lowest BCUT2D eigenvalue weighted by Crippen LogP contribution is -2.62. The first-order chi connectivity index (χ1) is 13.6. The van der Waals surface area contributed by atoms with Crippen LogP contribution in [0.15, 0.2) is 6.20 Å². The van der Waals surface area contributed by atoms with Crippen molar-refractivity contribution in [3.05, 3.63) is 11.9 Å². The predicted octanol–water partition coefficient (Wildman–Crippen LogP) is 0.720. The lowest BCUT2D eigenvalue weighted by Gasteiger charge is -2.43. The average molecular weight is 399 g/mol. The van der Waals surface area contributed by atoms with Gasteiger partial charge in [0.15, 0.2) is 0 Å². The predicted molar refractivity (Wildman–Crippen MR) is 107 cm³/mol. The van der Waals surface area contributed by atoms with E-state index in [1.54, 1.807) is 0 Å². The van der Waals surface area contributed by atoms with Crippen molar-refractivity contribution in [1.29, 1.82) is 0 Å². The van der Waals surface area contributed by atoms with Crippen LogP contribution in [0, 0.1) is 0 Å². The Morgan fingerprint density at radius 3 is 2.25 bits per heavy atom. The zero-order valence-electron chi connectivity index (χ0n) is 17.2. The SMILES string of the molecule is CCCc1cn(CCCCCCCCCN2C[C@@H](O)[C@@H](O)[C@H](O)[C@H]2CO)nn1. The molecule has 2 heterocycles. The van der Waals surface area contributed by atoms with Gasteiger partial charge < -0.3 is 20.4 Å². The molecule has 28 heavy (non-hydrogen) atoms. The normalized spacial score (nSPS) is 26.0. The highest BCUT2D eigenvalue weighted by Crippen LogP contribution is 2.20. The summed E-state index contributed by atoms with van der Waals surface area (Å²) in [7, 11) is 0. The van der Waals surface area contributed by atoms with Crippen LogP contribution in [0.2, 0.25) is 0 Å². The molecular weight excluding hydrogens is 360 g/mol. The highest BCUT2D eigenvalue weighted by atomic mass is 16.4. The summed E-state index contributed by atoms with van der Waals surface area (Å²) < 4.78 is 1.95. The van der Waals surface area contributed by atoms with Gasteiger partial charge in [0, 0.05) is 19.3 Å². The van der Waals surface area contributed by atoms with Crippen molar-refractivity contribution in [2.24, 2.45) is 0 Å². The van der Waals surface area contributed by atoms with Crippen LogP contribution in [-0.2, 0) is 13.0 Å². The minimum Gasteiger partial charge on any atom is -0.395 e. The van der Waals surface area contributed by atoms with Gasteiger partial charge in [0.25, 0.3) is 0 Å². The summed E-state index contributed by atoms with van der Waals surface area (Å²) in [5.41, 5.74) is 1.08. The van der Waals surface area contributed by atoms with Gasteiger partial charge in [-0.3, -0.25) is 9.58 Å².